The lowest BCUT2D eigenvalue weighted by Gasteiger charge is -2.26. The molecule has 1 aliphatic rings. The molecular formula is C17H21N3O2. The van der Waals surface area contributed by atoms with Crippen LogP contribution in [-0.2, 0) is 11.2 Å². The molecule has 5 heteroatoms. The zero-order valence-electron chi connectivity index (χ0n) is 12.5. The van der Waals surface area contributed by atoms with E-state index < -0.39 is 6.10 Å². The van der Waals surface area contributed by atoms with Gasteiger partial charge in [0.05, 0.1) is 12.5 Å². The molecule has 2 heterocycles. The van der Waals surface area contributed by atoms with Gasteiger partial charge in [-0.25, -0.2) is 0 Å². The number of amides is 1. The predicted octanol–water partition coefficient (Wildman–Crippen LogP) is 2.07. The van der Waals surface area contributed by atoms with Crippen LogP contribution in [0.2, 0.25) is 0 Å². The summed E-state index contributed by atoms with van der Waals surface area (Å²) in [6.45, 7) is 0.777. The molecule has 1 fully saturated rings. The van der Waals surface area contributed by atoms with Crippen LogP contribution in [0.3, 0.4) is 0 Å². The average Bonchev–Trinajstić information content (AvgIpc) is 3.19. The van der Waals surface area contributed by atoms with Crippen molar-refractivity contribution in [2.45, 2.75) is 37.8 Å². The van der Waals surface area contributed by atoms with Gasteiger partial charge in [-0.3, -0.25) is 9.89 Å². The lowest BCUT2D eigenvalue weighted by Crippen LogP contribution is -2.37. The molecule has 2 unspecified atom stereocenters. The Kier molecular flexibility index (Phi) is 4.53. The van der Waals surface area contributed by atoms with E-state index in [4.69, 9.17) is 0 Å². The van der Waals surface area contributed by atoms with Crippen LogP contribution in [0.15, 0.2) is 42.6 Å². The number of carbonyl (C=O) groups is 1. The van der Waals surface area contributed by atoms with Gasteiger partial charge in [-0.1, -0.05) is 30.3 Å². The summed E-state index contributed by atoms with van der Waals surface area (Å²) < 4.78 is 0. The average molecular weight is 299 g/mol. The van der Waals surface area contributed by atoms with Gasteiger partial charge >= 0.3 is 0 Å². The van der Waals surface area contributed by atoms with Gasteiger partial charge in [0.1, 0.15) is 0 Å². The summed E-state index contributed by atoms with van der Waals surface area (Å²) in [5, 5.41) is 17.1. The van der Waals surface area contributed by atoms with E-state index in [-0.39, 0.29) is 11.9 Å². The molecule has 0 saturated carbocycles. The molecule has 22 heavy (non-hydrogen) atoms. The van der Waals surface area contributed by atoms with E-state index in [1.54, 1.807) is 6.20 Å². The van der Waals surface area contributed by atoms with Crippen molar-refractivity contribution in [2.24, 2.45) is 0 Å². The first-order valence-electron chi connectivity index (χ1n) is 7.75. The molecule has 2 N–H and O–H groups in total. The van der Waals surface area contributed by atoms with Crippen LogP contribution in [-0.4, -0.2) is 38.7 Å². The number of hydrogen-bond acceptors (Lipinski definition) is 3. The molecule has 1 amide bonds. The third-order valence-corrected chi connectivity index (χ3v) is 4.28. The molecule has 0 spiro atoms. The van der Waals surface area contributed by atoms with E-state index in [1.807, 2.05) is 41.3 Å². The zero-order valence-corrected chi connectivity index (χ0v) is 12.5. The first-order chi connectivity index (χ1) is 10.7. The second kappa shape index (κ2) is 6.75. The molecule has 2 aromatic rings. The Hall–Kier alpha value is -2.14. The van der Waals surface area contributed by atoms with Crippen LogP contribution < -0.4 is 0 Å². The number of aliphatic hydroxyl groups is 1. The number of likely N-dealkylation sites (tertiary alicyclic amines) is 1. The van der Waals surface area contributed by atoms with Crippen molar-refractivity contribution in [3.8, 4) is 0 Å². The Bertz CT molecular complexity index is 598. The van der Waals surface area contributed by atoms with Crippen molar-refractivity contribution in [2.75, 3.05) is 6.54 Å². The van der Waals surface area contributed by atoms with Crippen molar-refractivity contribution in [1.82, 2.24) is 15.1 Å². The summed E-state index contributed by atoms with van der Waals surface area (Å²) >= 11 is 0. The molecule has 3 rings (SSSR count). The highest BCUT2D eigenvalue weighted by Gasteiger charge is 2.30. The number of benzene rings is 1. The predicted molar refractivity (Wildman–Crippen MR) is 83.0 cm³/mol. The van der Waals surface area contributed by atoms with Gasteiger partial charge in [0, 0.05) is 24.5 Å². The van der Waals surface area contributed by atoms with Gasteiger partial charge in [0.2, 0.25) is 5.91 Å². The smallest absolute Gasteiger partial charge is 0.228 e. The molecule has 1 aromatic carbocycles. The van der Waals surface area contributed by atoms with E-state index in [2.05, 4.69) is 10.2 Å². The Morgan fingerprint density at radius 3 is 2.91 bits per heavy atom. The highest BCUT2D eigenvalue weighted by molar-refractivity contribution is 5.78. The quantitative estimate of drug-likeness (QED) is 0.888. The second-order valence-corrected chi connectivity index (χ2v) is 5.80. The molecular weight excluding hydrogens is 278 g/mol. The van der Waals surface area contributed by atoms with Gasteiger partial charge in [-0.2, -0.15) is 5.10 Å². The third kappa shape index (κ3) is 3.36. The fourth-order valence-electron chi connectivity index (χ4n) is 3.13. The minimum atomic E-state index is -0.522. The number of carbonyl (C=O) groups excluding carboxylic acids is 1. The number of nitrogens with zero attached hydrogens (tertiary/aromatic N) is 2. The first kappa shape index (κ1) is 14.8. The van der Waals surface area contributed by atoms with Crippen LogP contribution in [0, 0.1) is 0 Å². The van der Waals surface area contributed by atoms with Crippen LogP contribution in [0.5, 0.6) is 0 Å². The Labute approximate surface area is 130 Å². The van der Waals surface area contributed by atoms with Gasteiger partial charge in [-0.05, 0) is 30.9 Å². The maximum atomic E-state index is 12.4. The van der Waals surface area contributed by atoms with Crippen LogP contribution in [0.4, 0.5) is 0 Å². The largest absolute Gasteiger partial charge is 0.388 e. The van der Waals surface area contributed by atoms with Gasteiger partial charge in [0.25, 0.3) is 0 Å². The normalized spacial score (nSPS) is 19.3. The van der Waals surface area contributed by atoms with E-state index >= 15 is 0 Å². The summed E-state index contributed by atoms with van der Waals surface area (Å²) in [4.78, 5) is 14.3. The molecule has 1 saturated heterocycles. The summed E-state index contributed by atoms with van der Waals surface area (Å²) in [5.41, 5.74) is 1.75. The fourth-order valence-corrected chi connectivity index (χ4v) is 3.13. The number of nitrogens with one attached hydrogen (secondary N) is 1. The number of rotatable bonds is 5. The number of H-pyrrole nitrogens is 1. The maximum Gasteiger partial charge on any atom is 0.228 e. The van der Waals surface area contributed by atoms with Gasteiger partial charge < -0.3 is 10.0 Å². The standard InChI is InChI=1S/C17H21N3O2/c21-16(13-5-2-1-3-6-13)12-15-7-4-10-20(15)17(22)11-14-8-9-18-19-14/h1-3,5-6,8-9,15-16,21H,4,7,10-12H2,(H,18,19). The Morgan fingerprint density at radius 2 is 2.18 bits per heavy atom. The molecule has 1 aliphatic heterocycles. The minimum Gasteiger partial charge on any atom is -0.388 e. The molecule has 5 nitrogen and oxygen atoms in total. The number of aromatic nitrogens is 2. The van der Waals surface area contributed by atoms with Crippen molar-refractivity contribution in [3.63, 3.8) is 0 Å². The summed E-state index contributed by atoms with van der Waals surface area (Å²) in [6.07, 6.45) is 4.03. The van der Waals surface area contributed by atoms with Crippen molar-refractivity contribution in [1.29, 1.82) is 0 Å². The Balaban J connectivity index is 1.62. The van der Waals surface area contributed by atoms with Crippen molar-refractivity contribution in [3.05, 3.63) is 53.9 Å². The van der Waals surface area contributed by atoms with Gasteiger partial charge in [0.15, 0.2) is 0 Å². The zero-order chi connectivity index (χ0) is 15.4. The van der Waals surface area contributed by atoms with Crippen LogP contribution in [0.25, 0.3) is 0 Å². The SMILES string of the molecule is O=C(Cc1ccn[nH]1)N1CCCC1CC(O)c1ccccc1. The van der Waals surface area contributed by atoms with Crippen molar-refractivity contribution >= 4 is 5.91 Å². The van der Waals surface area contributed by atoms with E-state index in [0.717, 1.165) is 30.6 Å². The van der Waals surface area contributed by atoms with Crippen LogP contribution >= 0.6 is 0 Å². The van der Waals surface area contributed by atoms with E-state index in [1.165, 1.54) is 0 Å². The topological polar surface area (TPSA) is 69.2 Å². The molecule has 2 atom stereocenters. The van der Waals surface area contributed by atoms with Crippen LogP contribution in [0.1, 0.15) is 36.6 Å². The number of aliphatic hydroxyl groups excluding tert-OH is 1. The third-order valence-electron chi connectivity index (χ3n) is 4.28. The highest BCUT2D eigenvalue weighted by atomic mass is 16.3. The number of hydrogen-bond donors (Lipinski definition) is 2. The van der Waals surface area contributed by atoms with E-state index in [0.29, 0.717) is 12.8 Å². The van der Waals surface area contributed by atoms with Crippen molar-refractivity contribution < 1.29 is 9.90 Å². The van der Waals surface area contributed by atoms with Gasteiger partial charge in [-0.15, -0.1) is 0 Å². The number of aromatic amines is 1. The summed E-state index contributed by atoms with van der Waals surface area (Å²) in [7, 11) is 0. The lowest BCUT2D eigenvalue weighted by molar-refractivity contribution is -0.131. The van der Waals surface area contributed by atoms with E-state index in [9.17, 15) is 9.90 Å². The molecule has 0 radical (unpaired) electrons. The second-order valence-electron chi connectivity index (χ2n) is 5.80. The summed E-state index contributed by atoms with van der Waals surface area (Å²) in [5.74, 6) is 0.104. The Morgan fingerprint density at radius 1 is 1.36 bits per heavy atom. The lowest BCUT2D eigenvalue weighted by atomic mass is 10.0. The molecule has 0 bridgehead atoms. The molecule has 1 aromatic heterocycles. The molecule has 116 valence electrons. The monoisotopic (exact) mass is 299 g/mol. The fraction of sp³-hybridized carbons (Fsp3) is 0.412. The first-order valence-corrected chi connectivity index (χ1v) is 7.75. The highest BCUT2D eigenvalue weighted by Crippen LogP contribution is 2.27. The minimum absolute atomic E-state index is 0.104. The summed E-state index contributed by atoms with van der Waals surface area (Å²) in [6, 6.07) is 11.6. The maximum absolute atomic E-state index is 12.4. The molecule has 0 aliphatic carbocycles.